The third-order valence-electron chi connectivity index (χ3n) is 3.75. The summed E-state index contributed by atoms with van der Waals surface area (Å²) in [5, 5.41) is 14.2. The van der Waals surface area contributed by atoms with Gasteiger partial charge in [0.2, 0.25) is 0 Å². The van der Waals surface area contributed by atoms with Gasteiger partial charge >= 0.3 is 0 Å². The van der Waals surface area contributed by atoms with Crippen molar-refractivity contribution >= 4 is 11.3 Å². The summed E-state index contributed by atoms with van der Waals surface area (Å²) in [6.45, 7) is 5.57. The van der Waals surface area contributed by atoms with E-state index in [0.29, 0.717) is 24.5 Å². The number of hydrogen-bond acceptors (Lipinski definition) is 4. The number of aliphatic hydroxyl groups is 1. The molecule has 0 aromatic carbocycles. The molecule has 18 heavy (non-hydrogen) atoms. The number of rotatable bonds is 5. The molecule has 1 saturated carbocycles. The lowest BCUT2D eigenvalue weighted by Crippen LogP contribution is -2.39. The highest BCUT2D eigenvalue weighted by atomic mass is 32.1. The first kappa shape index (κ1) is 14.0. The number of aliphatic hydroxyl groups excluding tert-OH is 1. The van der Waals surface area contributed by atoms with Gasteiger partial charge in [-0.3, -0.25) is 0 Å². The fourth-order valence-corrected chi connectivity index (χ4v) is 3.47. The molecule has 0 amide bonds. The Labute approximate surface area is 114 Å². The Morgan fingerprint density at radius 3 is 2.89 bits per heavy atom. The first-order valence-electron chi connectivity index (χ1n) is 6.99. The molecular weight excluding hydrogens is 244 g/mol. The summed E-state index contributed by atoms with van der Waals surface area (Å²) >= 11 is 1.80. The van der Waals surface area contributed by atoms with Crippen molar-refractivity contribution in [3.63, 3.8) is 0 Å². The molecule has 2 unspecified atom stereocenters. The van der Waals surface area contributed by atoms with Crippen LogP contribution in [-0.4, -0.2) is 22.7 Å². The van der Waals surface area contributed by atoms with Gasteiger partial charge in [-0.25, -0.2) is 4.98 Å². The smallest absolute Gasteiger partial charge is 0.0953 e. The summed E-state index contributed by atoms with van der Waals surface area (Å²) in [7, 11) is 0. The van der Waals surface area contributed by atoms with Gasteiger partial charge in [0, 0.05) is 36.2 Å². The maximum absolute atomic E-state index is 9.39. The second kappa shape index (κ2) is 6.64. The zero-order valence-electron chi connectivity index (χ0n) is 11.4. The number of nitrogens with one attached hydrogen (secondary N) is 1. The van der Waals surface area contributed by atoms with Crippen molar-refractivity contribution in [1.29, 1.82) is 0 Å². The predicted octanol–water partition coefficient (Wildman–Crippen LogP) is 2.91. The first-order valence-corrected chi connectivity index (χ1v) is 7.81. The van der Waals surface area contributed by atoms with Crippen LogP contribution >= 0.6 is 11.3 Å². The van der Waals surface area contributed by atoms with Gasteiger partial charge in [0.1, 0.15) is 0 Å². The Morgan fingerprint density at radius 1 is 1.44 bits per heavy atom. The Hall–Kier alpha value is -0.450. The summed E-state index contributed by atoms with van der Waals surface area (Å²) in [4.78, 5) is 5.75. The van der Waals surface area contributed by atoms with Crippen LogP contribution in [0.5, 0.6) is 0 Å². The summed E-state index contributed by atoms with van der Waals surface area (Å²) in [5.41, 5.74) is 0. The molecule has 2 atom stereocenters. The largest absolute Gasteiger partial charge is 0.396 e. The normalized spacial score (nSPS) is 24.7. The molecule has 3 nitrogen and oxygen atoms in total. The second-order valence-electron chi connectivity index (χ2n) is 5.53. The summed E-state index contributed by atoms with van der Waals surface area (Å²) < 4.78 is 0. The van der Waals surface area contributed by atoms with Crippen LogP contribution in [0.15, 0.2) is 6.20 Å². The van der Waals surface area contributed by atoms with Crippen LogP contribution in [0.4, 0.5) is 0 Å². The van der Waals surface area contributed by atoms with Crippen LogP contribution < -0.4 is 5.32 Å². The predicted molar refractivity (Wildman–Crippen MR) is 75.9 cm³/mol. The van der Waals surface area contributed by atoms with Crippen LogP contribution in [0, 0.1) is 5.92 Å². The first-order chi connectivity index (χ1) is 8.70. The molecule has 1 aromatic rings. The number of thiazole rings is 1. The minimum atomic E-state index is 0.317. The minimum Gasteiger partial charge on any atom is -0.396 e. The minimum absolute atomic E-state index is 0.317. The SMILES string of the molecule is CC(C)c1ncc(CNC2CCCCC2CO)s1. The van der Waals surface area contributed by atoms with Crippen molar-refractivity contribution in [2.75, 3.05) is 6.61 Å². The summed E-state index contributed by atoms with van der Waals surface area (Å²) in [6, 6.07) is 0.480. The molecule has 0 radical (unpaired) electrons. The van der Waals surface area contributed by atoms with E-state index in [1.807, 2.05) is 6.20 Å². The van der Waals surface area contributed by atoms with Crippen molar-refractivity contribution < 1.29 is 5.11 Å². The molecule has 0 spiro atoms. The summed E-state index contributed by atoms with van der Waals surface area (Å²) in [5.74, 6) is 0.958. The number of aromatic nitrogens is 1. The molecule has 0 aliphatic heterocycles. The fraction of sp³-hybridized carbons (Fsp3) is 0.786. The Balaban J connectivity index is 1.85. The van der Waals surface area contributed by atoms with E-state index in [1.165, 1.54) is 29.1 Å². The third kappa shape index (κ3) is 3.53. The Morgan fingerprint density at radius 2 is 2.22 bits per heavy atom. The van der Waals surface area contributed by atoms with E-state index in [9.17, 15) is 5.11 Å². The maximum atomic E-state index is 9.39. The fourth-order valence-electron chi connectivity index (χ4n) is 2.60. The molecule has 1 aliphatic rings. The van der Waals surface area contributed by atoms with Crippen LogP contribution in [0.2, 0.25) is 0 Å². The number of nitrogens with zero attached hydrogens (tertiary/aromatic N) is 1. The van der Waals surface area contributed by atoms with Crippen LogP contribution in [0.25, 0.3) is 0 Å². The molecule has 2 rings (SSSR count). The van der Waals surface area contributed by atoms with E-state index in [-0.39, 0.29) is 0 Å². The van der Waals surface area contributed by atoms with Gasteiger partial charge in [0.05, 0.1) is 5.01 Å². The van der Waals surface area contributed by atoms with Crippen molar-refractivity contribution in [2.45, 2.75) is 58.0 Å². The average molecular weight is 268 g/mol. The molecule has 1 aromatic heterocycles. The molecule has 0 saturated heterocycles. The lowest BCUT2D eigenvalue weighted by Gasteiger charge is -2.30. The molecule has 0 bridgehead atoms. The highest BCUT2D eigenvalue weighted by Crippen LogP contribution is 2.25. The molecule has 1 fully saturated rings. The molecular formula is C14H24N2OS. The van der Waals surface area contributed by atoms with Gasteiger partial charge in [0.15, 0.2) is 0 Å². The lowest BCUT2D eigenvalue weighted by atomic mass is 9.85. The van der Waals surface area contributed by atoms with E-state index in [2.05, 4.69) is 24.1 Å². The van der Waals surface area contributed by atoms with Gasteiger partial charge in [-0.2, -0.15) is 0 Å². The zero-order valence-corrected chi connectivity index (χ0v) is 12.2. The standard InChI is InChI=1S/C14H24N2OS/c1-10(2)14-16-8-12(18-14)7-15-13-6-4-3-5-11(13)9-17/h8,10-11,13,15,17H,3-7,9H2,1-2H3. The third-order valence-corrected chi connectivity index (χ3v) is 5.05. The zero-order chi connectivity index (χ0) is 13.0. The van der Waals surface area contributed by atoms with Gasteiger partial charge in [-0.05, 0) is 18.8 Å². The van der Waals surface area contributed by atoms with Crippen molar-refractivity contribution in [1.82, 2.24) is 10.3 Å². The van der Waals surface area contributed by atoms with E-state index in [4.69, 9.17) is 0 Å². The van der Waals surface area contributed by atoms with Gasteiger partial charge < -0.3 is 10.4 Å². The van der Waals surface area contributed by atoms with Crippen LogP contribution in [0.1, 0.15) is 55.3 Å². The second-order valence-corrected chi connectivity index (χ2v) is 6.68. The van der Waals surface area contributed by atoms with E-state index >= 15 is 0 Å². The van der Waals surface area contributed by atoms with Crippen LogP contribution in [0.3, 0.4) is 0 Å². The highest BCUT2D eigenvalue weighted by Gasteiger charge is 2.23. The topological polar surface area (TPSA) is 45.2 Å². The summed E-state index contributed by atoms with van der Waals surface area (Å²) in [6.07, 6.45) is 6.90. The van der Waals surface area contributed by atoms with Crippen molar-refractivity contribution in [2.24, 2.45) is 5.92 Å². The van der Waals surface area contributed by atoms with Gasteiger partial charge in [0.25, 0.3) is 0 Å². The van der Waals surface area contributed by atoms with E-state index < -0.39 is 0 Å². The van der Waals surface area contributed by atoms with Crippen molar-refractivity contribution in [3.05, 3.63) is 16.1 Å². The van der Waals surface area contributed by atoms with Crippen molar-refractivity contribution in [3.8, 4) is 0 Å². The molecule has 102 valence electrons. The quantitative estimate of drug-likeness (QED) is 0.863. The molecule has 1 aliphatic carbocycles. The maximum Gasteiger partial charge on any atom is 0.0953 e. The highest BCUT2D eigenvalue weighted by molar-refractivity contribution is 7.11. The Bertz CT molecular complexity index is 364. The molecule has 1 heterocycles. The number of hydrogen-bond donors (Lipinski definition) is 2. The average Bonchev–Trinajstić information content (AvgIpc) is 2.85. The molecule has 2 N–H and O–H groups in total. The monoisotopic (exact) mass is 268 g/mol. The lowest BCUT2D eigenvalue weighted by molar-refractivity contribution is 0.152. The van der Waals surface area contributed by atoms with Gasteiger partial charge in [-0.15, -0.1) is 11.3 Å². The van der Waals surface area contributed by atoms with E-state index in [0.717, 1.165) is 13.0 Å². The molecule has 4 heteroatoms. The Kier molecular flexibility index (Phi) is 5.15. The van der Waals surface area contributed by atoms with Crippen LogP contribution in [-0.2, 0) is 6.54 Å². The van der Waals surface area contributed by atoms with E-state index in [1.54, 1.807) is 11.3 Å². The van der Waals surface area contributed by atoms with Gasteiger partial charge in [-0.1, -0.05) is 26.7 Å².